The number of methoxy groups -OCH3 is 2. The molecular formula is C29H25BrN2O5. The molecule has 0 spiro atoms. The number of nitrogens with one attached hydrogen (secondary N) is 1. The van der Waals surface area contributed by atoms with E-state index < -0.39 is 17.7 Å². The van der Waals surface area contributed by atoms with Gasteiger partial charge in [-0.3, -0.25) is 9.59 Å². The third kappa shape index (κ3) is 4.60. The maximum atomic E-state index is 13.3. The summed E-state index contributed by atoms with van der Waals surface area (Å²) in [5.41, 5.74) is 3.14. The van der Waals surface area contributed by atoms with Crippen LogP contribution >= 0.6 is 15.9 Å². The zero-order valence-electron chi connectivity index (χ0n) is 20.3. The zero-order chi connectivity index (χ0) is 26.1. The van der Waals surface area contributed by atoms with Crippen LogP contribution in [0.3, 0.4) is 0 Å². The molecule has 5 rings (SSSR count). The minimum absolute atomic E-state index is 0.0566. The second-order valence-electron chi connectivity index (χ2n) is 8.75. The van der Waals surface area contributed by atoms with Crippen molar-refractivity contribution in [2.24, 2.45) is 0 Å². The van der Waals surface area contributed by atoms with Crippen molar-refractivity contribution in [1.82, 2.24) is 9.88 Å². The number of aliphatic hydroxyl groups is 1. The number of nitrogens with zero attached hydrogens (tertiary/aromatic N) is 1. The molecule has 188 valence electrons. The zero-order valence-corrected chi connectivity index (χ0v) is 21.9. The van der Waals surface area contributed by atoms with E-state index >= 15 is 0 Å². The molecule has 8 heteroatoms. The molecule has 3 aromatic carbocycles. The Hall–Kier alpha value is -4.04. The Kier molecular flexibility index (Phi) is 6.76. The first-order valence-electron chi connectivity index (χ1n) is 11.7. The van der Waals surface area contributed by atoms with Gasteiger partial charge in [0.25, 0.3) is 11.7 Å². The average Bonchev–Trinajstić information content (AvgIpc) is 3.44. The molecule has 1 aliphatic heterocycles. The molecule has 0 unspecified atom stereocenters. The number of H-pyrrole nitrogens is 1. The van der Waals surface area contributed by atoms with Gasteiger partial charge in [-0.15, -0.1) is 0 Å². The summed E-state index contributed by atoms with van der Waals surface area (Å²) in [6.45, 7) is 0.272. The molecule has 37 heavy (non-hydrogen) atoms. The van der Waals surface area contributed by atoms with Gasteiger partial charge in [-0.2, -0.15) is 0 Å². The van der Waals surface area contributed by atoms with Crippen molar-refractivity contribution in [2.75, 3.05) is 20.8 Å². The number of benzene rings is 3. The van der Waals surface area contributed by atoms with Crippen LogP contribution in [0.15, 0.2) is 83.0 Å². The third-order valence-corrected chi connectivity index (χ3v) is 7.19. The van der Waals surface area contributed by atoms with Gasteiger partial charge >= 0.3 is 0 Å². The fourth-order valence-corrected chi connectivity index (χ4v) is 5.03. The number of Topliss-reactive ketones (excluding diaryl/α,β-unsaturated/α-hetero) is 1. The van der Waals surface area contributed by atoms with Crippen LogP contribution in [0, 0.1) is 0 Å². The highest BCUT2D eigenvalue weighted by molar-refractivity contribution is 9.10. The highest BCUT2D eigenvalue weighted by Crippen LogP contribution is 2.40. The van der Waals surface area contributed by atoms with Crippen LogP contribution in [0.2, 0.25) is 0 Å². The predicted octanol–water partition coefficient (Wildman–Crippen LogP) is 5.61. The Morgan fingerprint density at radius 1 is 1.00 bits per heavy atom. The van der Waals surface area contributed by atoms with Crippen molar-refractivity contribution < 1.29 is 24.2 Å². The number of hydrogen-bond donors (Lipinski definition) is 2. The summed E-state index contributed by atoms with van der Waals surface area (Å²) in [5, 5.41) is 12.2. The summed E-state index contributed by atoms with van der Waals surface area (Å²) in [7, 11) is 3.18. The second kappa shape index (κ2) is 10.1. The van der Waals surface area contributed by atoms with E-state index in [0.717, 1.165) is 26.7 Å². The standard InChI is InChI=1S/C29H25BrN2O5/c1-36-21-5-3-4-18(14-21)26-25(27(33)17-6-8-20(30)9-7-17)28(34)29(35)32(26)13-12-19-16-31-24-11-10-22(37-2)15-23(19)24/h3-11,14-16,26,31,33H,12-13H2,1-2H3/t26-/m1/s1. The lowest BCUT2D eigenvalue weighted by Gasteiger charge is -2.25. The highest BCUT2D eigenvalue weighted by atomic mass is 79.9. The minimum atomic E-state index is -0.765. The van der Waals surface area contributed by atoms with E-state index in [9.17, 15) is 14.7 Å². The molecule has 1 aromatic heterocycles. The van der Waals surface area contributed by atoms with Crippen LogP contribution in [0.25, 0.3) is 16.7 Å². The minimum Gasteiger partial charge on any atom is -0.507 e. The van der Waals surface area contributed by atoms with Gasteiger partial charge in [0.1, 0.15) is 17.3 Å². The Labute approximate surface area is 222 Å². The lowest BCUT2D eigenvalue weighted by atomic mass is 9.95. The highest BCUT2D eigenvalue weighted by Gasteiger charge is 2.46. The fraction of sp³-hybridized carbons (Fsp3) is 0.172. The van der Waals surface area contributed by atoms with Crippen molar-refractivity contribution in [1.29, 1.82) is 0 Å². The summed E-state index contributed by atoms with van der Waals surface area (Å²) in [5.74, 6) is -0.245. The molecule has 0 bridgehead atoms. The number of halogens is 1. The lowest BCUT2D eigenvalue weighted by Crippen LogP contribution is -2.31. The Morgan fingerprint density at radius 3 is 2.46 bits per heavy atom. The average molecular weight is 561 g/mol. The van der Waals surface area contributed by atoms with Gasteiger partial charge in [0.2, 0.25) is 0 Å². The molecule has 4 aromatic rings. The van der Waals surface area contributed by atoms with Crippen LogP contribution in [0.4, 0.5) is 0 Å². The van der Waals surface area contributed by atoms with Gasteiger partial charge in [0.05, 0.1) is 25.8 Å². The fourth-order valence-electron chi connectivity index (χ4n) is 4.76. The first-order valence-corrected chi connectivity index (χ1v) is 12.5. The number of carbonyl (C=O) groups excluding carboxylic acids is 2. The first kappa shape index (κ1) is 24.6. The molecule has 1 amide bonds. The smallest absolute Gasteiger partial charge is 0.295 e. The number of likely N-dealkylation sites (tertiary alicyclic amines) is 1. The molecule has 0 radical (unpaired) electrons. The van der Waals surface area contributed by atoms with E-state index in [1.54, 1.807) is 56.7 Å². The summed E-state index contributed by atoms with van der Waals surface area (Å²) in [6.07, 6.45) is 2.40. The normalized spacial score (nSPS) is 16.9. The van der Waals surface area contributed by atoms with E-state index in [-0.39, 0.29) is 17.9 Å². The number of aliphatic hydroxyl groups excluding tert-OH is 1. The number of aromatic amines is 1. The van der Waals surface area contributed by atoms with Crippen molar-refractivity contribution >= 4 is 44.3 Å². The summed E-state index contributed by atoms with van der Waals surface area (Å²) in [4.78, 5) is 31.4. The SMILES string of the molecule is COc1cccc([C@@H]2C(=C(O)c3ccc(Br)cc3)C(=O)C(=O)N2CCc2c[nH]c3ccc(OC)cc23)c1. The van der Waals surface area contributed by atoms with Gasteiger partial charge in [-0.1, -0.05) is 40.2 Å². The number of fused-ring (bicyclic) bond motifs is 1. The largest absolute Gasteiger partial charge is 0.507 e. The molecule has 1 saturated heterocycles. The van der Waals surface area contributed by atoms with Crippen molar-refractivity contribution in [2.45, 2.75) is 12.5 Å². The maximum Gasteiger partial charge on any atom is 0.295 e. The van der Waals surface area contributed by atoms with Crippen LogP contribution in [0.5, 0.6) is 11.5 Å². The number of ketones is 1. The van der Waals surface area contributed by atoms with Crippen molar-refractivity contribution in [3.05, 3.63) is 99.7 Å². The molecule has 2 heterocycles. The number of ether oxygens (including phenoxy) is 2. The van der Waals surface area contributed by atoms with E-state index in [1.165, 1.54) is 4.90 Å². The molecule has 1 fully saturated rings. The number of hydrogen-bond acceptors (Lipinski definition) is 5. The van der Waals surface area contributed by atoms with Gasteiger partial charge in [0.15, 0.2) is 0 Å². The van der Waals surface area contributed by atoms with E-state index in [2.05, 4.69) is 20.9 Å². The number of aromatic nitrogens is 1. The van der Waals surface area contributed by atoms with Crippen LogP contribution in [0.1, 0.15) is 22.7 Å². The Morgan fingerprint density at radius 2 is 1.73 bits per heavy atom. The number of rotatable bonds is 7. The predicted molar refractivity (Wildman–Crippen MR) is 145 cm³/mol. The molecule has 1 aliphatic rings. The van der Waals surface area contributed by atoms with Crippen molar-refractivity contribution in [3.8, 4) is 11.5 Å². The second-order valence-corrected chi connectivity index (χ2v) is 9.67. The van der Waals surface area contributed by atoms with Gasteiger partial charge in [0, 0.05) is 33.7 Å². The molecule has 0 saturated carbocycles. The Bertz CT molecular complexity index is 1520. The van der Waals surface area contributed by atoms with Crippen LogP contribution < -0.4 is 9.47 Å². The van der Waals surface area contributed by atoms with Gasteiger partial charge < -0.3 is 24.5 Å². The summed E-state index contributed by atoms with van der Waals surface area (Å²) >= 11 is 3.39. The Balaban J connectivity index is 1.56. The molecular weight excluding hydrogens is 536 g/mol. The molecule has 2 N–H and O–H groups in total. The first-order chi connectivity index (χ1) is 17.9. The van der Waals surface area contributed by atoms with E-state index in [0.29, 0.717) is 23.3 Å². The lowest BCUT2D eigenvalue weighted by molar-refractivity contribution is -0.139. The maximum absolute atomic E-state index is 13.3. The number of amides is 1. The van der Waals surface area contributed by atoms with E-state index in [1.807, 2.05) is 30.5 Å². The van der Waals surface area contributed by atoms with Gasteiger partial charge in [-0.25, -0.2) is 0 Å². The van der Waals surface area contributed by atoms with Gasteiger partial charge in [-0.05, 0) is 60.0 Å². The van der Waals surface area contributed by atoms with Crippen molar-refractivity contribution in [3.63, 3.8) is 0 Å². The number of carbonyl (C=O) groups is 2. The summed E-state index contributed by atoms with van der Waals surface area (Å²) < 4.78 is 11.6. The van der Waals surface area contributed by atoms with Crippen LogP contribution in [-0.4, -0.2) is 47.4 Å². The molecule has 7 nitrogen and oxygen atoms in total. The molecule has 1 atom stereocenters. The van der Waals surface area contributed by atoms with Crippen LogP contribution in [-0.2, 0) is 16.0 Å². The quantitative estimate of drug-likeness (QED) is 0.174. The topological polar surface area (TPSA) is 91.9 Å². The van der Waals surface area contributed by atoms with E-state index in [4.69, 9.17) is 9.47 Å². The molecule has 0 aliphatic carbocycles. The third-order valence-electron chi connectivity index (χ3n) is 6.66. The summed E-state index contributed by atoms with van der Waals surface area (Å²) in [6, 6.07) is 19.2. The monoisotopic (exact) mass is 560 g/mol.